The van der Waals surface area contributed by atoms with Gasteiger partial charge in [0.1, 0.15) is 0 Å². The molecule has 7 aromatic rings. The summed E-state index contributed by atoms with van der Waals surface area (Å²) in [6.07, 6.45) is 0. The molecular formula is C35H26N2. The Morgan fingerprint density at radius 3 is 1.81 bits per heavy atom. The Bertz CT molecular complexity index is 1860. The summed E-state index contributed by atoms with van der Waals surface area (Å²) in [5, 5.41) is 5.10. The molecule has 0 saturated carbocycles. The van der Waals surface area contributed by atoms with Crippen LogP contribution in [0, 0.1) is 0 Å². The molecule has 0 aliphatic heterocycles. The summed E-state index contributed by atoms with van der Waals surface area (Å²) in [5.74, 6) is 0. The fraction of sp³-hybridized carbons (Fsp3) is 0.0286. The predicted molar refractivity (Wildman–Crippen MR) is 158 cm³/mol. The Morgan fingerprint density at radius 1 is 0.459 bits per heavy atom. The van der Waals surface area contributed by atoms with Gasteiger partial charge in [-0.2, -0.15) is 0 Å². The first-order valence-corrected chi connectivity index (χ1v) is 12.7. The Morgan fingerprint density at radius 2 is 1.05 bits per heavy atom. The van der Waals surface area contributed by atoms with Gasteiger partial charge >= 0.3 is 0 Å². The quantitative estimate of drug-likeness (QED) is 0.247. The highest BCUT2D eigenvalue weighted by molar-refractivity contribution is 6.18. The lowest BCUT2D eigenvalue weighted by Gasteiger charge is -2.20. The maximum Gasteiger partial charge on any atom is 0.0619 e. The molecule has 0 bridgehead atoms. The van der Waals surface area contributed by atoms with Gasteiger partial charge in [0.25, 0.3) is 0 Å². The molecule has 1 aromatic heterocycles. The zero-order chi connectivity index (χ0) is 24.8. The van der Waals surface area contributed by atoms with Crippen LogP contribution in [0.2, 0.25) is 0 Å². The van der Waals surface area contributed by atoms with Gasteiger partial charge in [-0.25, -0.2) is 0 Å². The fourth-order valence-corrected chi connectivity index (χ4v) is 5.48. The van der Waals surface area contributed by atoms with Gasteiger partial charge in [0.05, 0.1) is 11.0 Å². The maximum absolute atomic E-state index is 2.41. The molecule has 6 aromatic carbocycles. The van der Waals surface area contributed by atoms with E-state index >= 15 is 0 Å². The first kappa shape index (κ1) is 21.5. The predicted octanol–water partition coefficient (Wildman–Crippen LogP) is 9.37. The molecule has 0 aliphatic rings. The van der Waals surface area contributed by atoms with Crippen molar-refractivity contribution < 1.29 is 0 Å². The van der Waals surface area contributed by atoms with Crippen LogP contribution in [0.15, 0.2) is 140 Å². The van der Waals surface area contributed by atoms with Crippen molar-refractivity contribution in [2.45, 2.75) is 0 Å². The molecule has 176 valence electrons. The highest BCUT2D eigenvalue weighted by Crippen LogP contribution is 2.37. The number of aromatic nitrogens is 1. The van der Waals surface area contributed by atoms with E-state index < -0.39 is 0 Å². The third kappa shape index (κ3) is 3.57. The second kappa shape index (κ2) is 8.69. The van der Waals surface area contributed by atoms with E-state index in [1.807, 2.05) is 0 Å². The number of hydrogen-bond acceptors (Lipinski definition) is 1. The van der Waals surface area contributed by atoms with Gasteiger partial charge in [0.15, 0.2) is 0 Å². The van der Waals surface area contributed by atoms with Crippen LogP contribution in [0.5, 0.6) is 0 Å². The summed E-state index contributed by atoms with van der Waals surface area (Å²) < 4.78 is 2.41. The Kier molecular flexibility index (Phi) is 5.04. The van der Waals surface area contributed by atoms with Gasteiger partial charge in [-0.3, -0.25) is 0 Å². The van der Waals surface area contributed by atoms with Gasteiger partial charge in [-0.1, -0.05) is 97.1 Å². The lowest BCUT2D eigenvalue weighted by atomic mass is 10.1. The second-order valence-electron chi connectivity index (χ2n) is 9.52. The van der Waals surface area contributed by atoms with E-state index in [-0.39, 0.29) is 0 Å². The van der Waals surface area contributed by atoms with E-state index in [1.54, 1.807) is 0 Å². The van der Waals surface area contributed by atoms with Crippen molar-refractivity contribution in [1.29, 1.82) is 0 Å². The molecule has 1 heterocycles. The highest BCUT2D eigenvalue weighted by Gasteiger charge is 2.15. The molecule has 0 unspecified atom stereocenters. The molecule has 7 rings (SSSR count). The fourth-order valence-electron chi connectivity index (χ4n) is 5.48. The number of nitrogens with zero attached hydrogens (tertiary/aromatic N) is 2. The van der Waals surface area contributed by atoms with Crippen molar-refractivity contribution in [3.63, 3.8) is 0 Å². The van der Waals surface area contributed by atoms with Crippen LogP contribution in [0.1, 0.15) is 0 Å². The van der Waals surface area contributed by atoms with E-state index in [4.69, 9.17) is 0 Å². The number of rotatable bonds is 4. The standard InChI is InChI=1S/C35H26N2/c1-36(28-18-15-26(16-19-28)25-9-3-2-4-10-25)29-20-22-30(23-21-29)37-34-14-8-7-13-32(34)33-24-17-27-11-5-6-12-31(27)35(33)37/h2-24H,1H3. The van der Waals surface area contributed by atoms with Gasteiger partial charge in [0.2, 0.25) is 0 Å². The van der Waals surface area contributed by atoms with Crippen molar-refractivity contribution in [2.75, 3.05) is 11.9 Å². The van der Waals surface area contributed by atoms with E-state index in [2.05, 4.69) is 156 Å². The van der Waals surface area contributed by atoms with Gasteiger partial charge in [0, 0.05) is 40.3 Å². The Balaban J connectivity index is 1.29. The van der Waals surface area contributed by atoms with Crippen LogP contribution in [0.25, 0.3) is 49.4 Å². The van der Waals surface area contributed by atoms with Crippen LogP contribution in [0.3, 0.4) is 0 Å². The van der Waals surface area contributed by atoms with Crippen LogP contribution in [-0.4, -0.2) is 11.6 Å². The monoisotopic (exact) mass is 474 g/mol. The molecule has 0 spiro atoms. The van der Waals surface area contributed by atoms with E-state index in [1.165, 1.54) is 49.4 Å². The summed E-state index contributed by atoms with van der Waals surface area (Å²) >= 11 is 0. The van der Waals surface area contributed by atoms with Crippen molar-refractivity contribution in [3.8, 4) is 16.8 Å². The summed E-state index contributed by atoms with van der Waals surface area (Å²) in [6, 6.07) is 50.0. The van der Waals surface area contributed by atoms with E-state index in [9.17, 15) is 0 Å². The van der Waals surface area contributed by atoms with Gasteiger partial charge in [-0.15, -0.1) is 0 Å². The molecule has 0 aliphatic carbocycles. The van der Waals surface area contributed by atoms with Gasteiger partial charge < -0.3 is 9.47 Å². The molecule has 37 heavy (non-hydrogen) atoms. The molecule has 0 N–H and O–H groups in total. The number of benzene rings is 6. The Hall–Kier alpha value is -4.82. The Labute approximate surface area is 216 Å². The van der Waals surface area contributed by atoms with Gasteiger partial charge in [-0.05, 0) is 59.0 Å². The lowest BCUT2D eigenvalue weighted by molar-refractivity contribution is 1.17. The smallest absolute Gasteiger partial charge is 0.0619 e. The average molecular weight is 475 g/mol. The average Bonchev–Trinajstić information content (AvgIpc) is 3.32. The van der Waals surface area contributed by atoms with E-state index in [0.717, 1.165) is 11.4 Å². The zero-order valence-corrected chi connectivity index (χ0v) is 20.7. The molecule has 2 nitrogen and oxygen atoms in total. The molecule has 2 heteroatoms. The van der Waals surface area contributed by atoms with Crippen molar-refractivity contribution >= 4 is 44.0 Å². The third-order valence-electron chi connectivity index (χ3n) is 7.42. The number of para-hydroxylation sites is 1. The molecule has 0 fully saturated rings. The summed E-state index contributed by atoms with van der Waals surface area (Å²) in [5.41, 5.74) is 8.44. The first-order chi connectivity index (χ1) is 18.3. The molecule has 0 saturated heterocycles. The minimum atomic E-state index is 1.15. The normalized spacial score (nSPS) is 11.4. The van der Waals surface area contributed by atoms with Crippen molar-refractivity contribution in [3.05, 3.63) is 140 Å². The lowest BCUT2D eigenvalue weighted by Crippen LogP contribution is -2.09. The summed E-state index contributed by atoms with van der Waals surface area (Å²) in [6.45, 7) is 0. The minimum absolute atomic E-state index is 1.15. The van der Waals surface area contributed by atoms with Crippen LogP contribution in [-0.2, 0) is 0 Å². The van der Waals surface area contributed by atoms with Crippen molar-refractivity contribution in [1.82, 2.24) is 4.57 Å². The maximum atomic E-state index is 2.41. The topological polar surface area (TPSA) is 8.17 Å². The minimum Gasteiger partial charge on any atom is -0.345 e. The molecular weight excluding hydrogens is 448 g/mol. The van der Waals surface area contributed by atoms with E-state index in [0.29, 0.717) is 0 Å². The van der Waals surface area contributed by atoms with Crippen LogP contribution >= 0.6 is 0 Å². The molecule has 0 amide bonds. The SMILES string of the molecule is CN(c1ccc(-c2ccccc2)cc1)c1ccc(-n2c3ccccc3c3ccc4ccccc4c32)cc1. The zero-order valence-electron chi connectivity index (χ0n) is 20.7. The second-order valence-corrected chi connectivity index (χ2v) is 9.52. The summed E-state index contributed by atoms with van der Waals surface area (Å²) in [7, 11) is 2.13. The highest BCUT2D eigenvalue weighted by atomic mass is 15.1. The van der Waals surface area contributed by atoms with Crippen molar-refractivity contribution in [2.24, 2.45) is 0 Å². The summed E-state index contributed by atoms with van der Waals surface area (Å²) in [4.78, 5) is 2.24. The van der Waals surface area contributed by atoms with Crippen LogP contribution < -0.4 is 4.90 Å². The first-order valence-electron chi connectivity index (χ1n) is 12.7. The van der Waals surface area contributed by atoms with Crippen LogP contribution in [0.4, 0.5) is 11.4 Å². The molecule has 0 atom stereocenters. The number of hydrogen-bond donors (Lipinski definition) is 0. The number of anilines is 2. The largest absolute Gasteiger partial charge is 0.345 e. The number of fused-ring (bicyclic) bond motifs is 5. The molecule has 0 radical (unpaired) electrons. The third-order valence-corrected chi connectivity index (χ3v) is 7.42.